The average molecular weight is 532 g/mol. The van der Waals surface area contributed by atoms with Crippen molar-refractivity contribution in [1.29, 1.82) is 0 Å². The van der Waals surface area contributed by atoms with E-state index in [0.717, 1.165) is 9.85 Å². The standard InChI is InChI=1S/C18H12BrF2N3O5S2/c19-15-8-22-18(30-15)23-16(25)9-29-17(26)10-1-3-11(4-2-10)24-31(27,28)12-5-6-13(20)14(21)7-12/h1-8,24H,9H2,(H,22,23,25). The minimum atomic E-state index is -4.17. The van der Waals surface area contributed by atoms with E-state index in [1.807, 2.05) is 0 Å². The molecule has 2 aromatic carbocycles. The number of thiazole rings is 1. The van der Waals surface area contributed by atoms with Crippen molar-refractivity contribution in [3.8, 4) is 0 Å². The van der Waals surface area contributed by atoms with Gasteiger partial charge in [0.05, 0.1) is 20.4 Å². The monoisotopic (exact) mass is 531 g/mol. The minimum Gasteiger partial charge on any atom is -0.452 e. The van der Waals surface area contributed by atoms with E-state index in [0.29, 0.717) is 17.3 Å². The summed E-state index contributed by atoms with van der Waals surface area (Å²) < 4.78 is 58.6. The van der Waals surface area contributed by atoms with Crippen LogP contribution in [-0.4, -0.2) is 31.9 Å². The number of nitrogens with zero attached hydrogens (tertiary/aromatic N) is 1. The molecule has 0 fully saturated rings. The van der Waals surface area contributed by atoms with Crippen LogP contribution in [0, 0.1) is 11.6 Å². The number of benzene rings is 2. The van der Waals surface area contributed by atoms with Crippen LogP contribution < -0.4 is 10.0 Å². The molecule has 1 heterocycles. The third-order valence-corrected chi connectivity index (χ3v) is 6.40. The topological polar surface area (TPSA) is 114 Å². The predicted octanol–water partition coefficient (Wildman–Crippen LogP) is 3.78. The lowest BCUT2D eigenvalue weighted by Gasteiger charge is -2.09. The summed E-state index contributed by atoms with van der Waals surface area (Å²) in [5, 5.41) is 2.80. The molecule has 8 nitrogen and oxygen atoms in total. The molecule has 1 aromatic heterocycles. The highest BCUT2D eigenvalue weighted by atomic mass is 79.9. The van der Waals surface area contributed by atoms with E-state index >= 15 is 0 Å². The van der Waals surface area contributed by atoms with Gasteiger partial charge in [-0.2, -0.15) is 0 Å². The first-order chi connectivity index (χ1) is 14.6. The number of hydrogen-bond acceptors (Lipinski definition) is 7. The summed E-state index contributed by atoms with van der Waals surface area (Å²) in [5.74, 6) is -3.85. The third kappa shape index (κ3) is 6.06. The molecule has 0 saturated carbocycles. The zero-order valence-corrected chi connectivity index (χ0v) is 18.5. The van der Waals surface area contributed by atoms with E-state index in [9.17, 15) is 26.8 Å². The molecule has 0 atom stereocenters. The zero-order valence-electron chi connectivity index (χ0n) is 15.3. The number of rotatable bonds is 7. The maximum Gasteiger partial charge on any atom is 0.338 e. The van der Waals surface area contributed by atoms with Gasteiger partial charge in [0.25, 0.3) is 15.9 Å². The Morgan fingerprint density at radius 3 is 2.42 bits per heavy atom. The molecule has 0 saturated heterocycles. The van der Waals surface area contributed by atoms with Crippen LogP contribution in [0.15, 0.2) is 57.3 Å². The molecule has 13 heteroatoms. The van der Waals surface area contributed by atoms with Crippen LogP contribution in [0.3, 0.4) is 0 Å². The molecule has 0 unspecified atom stereocenters. The van der Waals surface area contributed by atoms with Gasteiger partial charge in [0.2, 0.25) is 0 Å². The molecule has 3 aromatic rings. The summed E-state index contributed by atoms with van der Waals surface area (Å²) >= 11 is 4.39. The molecule has 3 rings (SSSR count). The molecular formula is C18H12BrF2N3O5S2. The molecular weight excluding hydrogens is 520 g/mol. The highest BCUT2D eigenvalue weighted by Crippen LogP contribution is 2.23. The van der Waals surface area contributed by atoms with Gasteiger partial charge >= 0.3 is 5.97 Å². The van der Waals surface area contributed by atoms with E-state index in [1.54, 1.807) is 0 Å². The number of hydrogen-bond donors (Lipinski definition) is 2. The lowest BCUT2D eigenvalue weighted by atomic mass is 10.2. The molecule has 2 N–H and O–H groups in total. The number of sulfonamides is 1. The van der Waals surface area contributed by atoms with Gasteiger partial charge in [0.15, 0.2) is 23.4 Å². The number of carbonyl (C=O) groups is 2. The SMILES string of the molecule is O=C(COC(=O)c1ccc(NS(=O)(=O)c2ccc(F)c(F)c2)cc1)Nc1ncc(Br)s1. The van der Waals surface area contributed by atoms with E-state index in [2.05, 4.69) is 31.0 Å². The minimum absolute atomic E-state index is 0.0700. The lowest BCUT2D eigenvalue weighted by molar-refractivity contribution is -0.119. The van der Waals surface area contributed by atoms with Gasteiger partial charge in [-0.3, -0.25) is 14.8 Å². The van der Waals surface area contributed by atoms with E-state index < -0.39 is 45.0 Å². The summed E-state index contributed by atoms with van der Waals surface area (Å²) in [6, 6.07) is 7.29. The van der Waals surface area contributed by atoms with Crippen molar-refractivity contribution >= 4 is 60.0 Å². The first-order valence-corrected chi connectivity index (χ1v) is 11.4. The van der Waals surface area contributed by atoms with E-state index in [4.69, 9.17) is 4.74 Å². The molecule has 162 valence electrons. The maximum absolute atomic E-state index is 13.3. The van der Waals surface area contributed by atoms with Crippen molar-refractivity contribution in [1.82, 2.24) is 4.98 Å². The number of halogens is 3. The fourth-order valence-corrected chi connectivity index (χ4v) is 4.41. The predicted molar refractivity (Wildman–Crippen MR) is 112 cm³/mol. The van der Waals surface area contributed by atoms with Crippen molar-refractivity contribution in [3.63, 3.8) is 0 Å². The molecule has 0 bridgehead atoms. The Hall–Kier alpha value is -2.90. The van der Waals surface area contributed by atoms with Crippen LogP contribution >= 0.6 is 27.3 Å². The Morgan fingerprint density at radius 2 is 1.81 bits per heavy atom. The summed E-state index contributed by atoms with van der Waals surface area (Å²) in [6.45, 7) is -0.541. The van der Waals surface area contributed by atoms with Crippen molar-refractivity contribution in [2.45, 2.75) is 4.90 Å². The normalized spacial score (nSPS) is 11.1. The van der Waals surface area contributed by atoms with Crippen molar-refractivity contribution < 1.29 is 31.5 Å². The molecule has 0 aliphatic heterocycles. The third-order valence-electron chi connectivity index (χ3n) is 3.63. The van der Waals surface area contributed by atoms with Gasteiger partial charge in [-0.05, 0) is 58.4 Å². The van der Waals surface area contributed by atoms with Crippen LogP contribution in [0.1, 0.15) is 10.4 Å². The molecule has 0 aliphatic rings. The van der Waals surface area contributed by atoms with Gasteiger partial charge in [-0.15, -0.1) is 0 Å². The molecule has 0 radical (unpaired) electrons. The van der Waals surface area contributed by atoms with Crippen LogP contribution in [0.25, 0.3) is 0 Å². The Labute approximate surface area is 187 Å². The maximum atomic E-state index is 13.3. The molecule has 1 amide bonds. The van der Waals surface area contributed by atoms with Crippen LogP contribution in [0.4, 0.5) is 19.6 Å². The highest BCUT2D eigenvalue weighted by molar-refractivity contribution is 9.11. The largest absolute Gasteiger partial charge is 0.452 e. The highest BCUT2D eigenvalue weighted by Gasteiger charge is 2.17. The number of ether oxygens (including phenoxy) is 1. The van der Waals surface area contributed by atoms with Crippen molar-refractivity contribution in [2.24, 2.45) is 0 Å². The molecule has 0 spiro atoms. The van der Waals surface area contributed by atoms with Gasteiger partial charge in [-0.25, -0.2) is 27.0 Å². The summed E-state index contributed by atoms with van der Waals surface area (Å²) in [7, 11) is -4.17. The summed E-state index contributed by atoms with van der Waals surface area (Å²) in [5.41, 5.74) is 0.147. The average Bonchev–Trinajstić information content (AvgIpc) is 3.13. The first kappa shape index (κ1) is 22.8. The number of esters is 1. The second-order valence-corrected chi connectivity index (χ2v) is 9.94. The van der Waals surface area contributed by atoms with Gasteiger partial charge in [0.1, 0.15) is 0 Å². The van der Waals surface area contributed by atoms with Crippen molar-refractivity contribution in [3.05, 3.63) is 69.6 Å². The molecule has 0 aliphatic carbocycles. The van der Waals surface area contributed by atoms with Gasteiger partial charge in [0, 0.05) is 5.69 Å². The Balaban J connectivity index is 1.58. The number of carbonyl (C=O) groups excluding carboxylic acids is 2. The summed E-state index contributed by atoms with van der Waals surface area (Å²) in [6.07, 6.45) is 1.51. The van der Waals surface area contributed by atoms with E-state index in [1.165, 1.54) is 41.8 Å². The Kier molecular flexibility index (Phi) is 6.97. The number of amides is 1. The number of anilines is 2. The Bertz CT molecular complexity index is 1230. The quantitative estimate of drug-likeness (QED) is 0.448. The summed E-state index contributed by atoms with van der Waals surface area (Å²) in [4.78, 5) is 27.3. The van der Waals surface area contributed by atoms with E-state index in [-0.39, 0.29) is 11.3 Å². The lowest BCUT2D eigenvalue weighted by Crippen LogP contribution is -2.20. The van der Waals surface area contributed by atoms with Crippen LogP contribution in [-0.2, 0) is 19.6 Å². The Morgan fingerprint density at radius 1 is 1.10 bits per heavy atom. The van der Waals surface area contributed by atoms with Crippen LogP contribution in [0.5, 0.6) is 0 Å². The zero-order chi connectivity index (χ0) is 22.6. The van der Waals surface area contributed by atoms with Crippen LogP contribution in [0.2, 0.25) is 0 Å². The number of nitrogens with one attached hydrogen (secondary N) is 2. The number of aromatic nitrogens is 1. The molecule has 31 heavy (non-hydrogen) atoms. The van der Waals surface area contributed by atoms with Gasteiger partial charge < -0.3 is 4.74 Å². The van der Waals surface area contributed by atoms with Crippen molar-refractivity contribution in [2.75, 3.05) is 16.6 Å². The second-order valence-electron chi connectivity index (χ2n) is 5.85. The fraction of sp³-hybridized carbons (Fsp3) is 0.0556. The second kappa shape index (κ2) is 9.49. The van der Waals surface area contributed by atoms with Gasteiger partial charge in [-0.1, -0.05) is 11.3 Å². The fourth-order valence-electron chi connectivity index (χ4n) is 2.21. The first-order valence-electron chi connectivity index (χ1n) is 8.30. The smallest absolute Gasteiger partial charge is 0.338 e.